The first-order valence-corrected chi connectivity index (χ1v) is 4.69. The van der Waals surface area contributed by atoms with E-state index in [1.165, 1.54) is 0 Å². The van der Waals surface area contributed by atoms with Gasteiger partial charge < -0.3 is 14.6 Å². The topological polar surface area (TPSA) is 42.0 Å². The molecule has 5 atom stereocenters. The van der Waals surface area contributed by atoms with Gasteiger partial charge in [0.25, 0.3) is 0 Å². The van der Waals surface area contributed by atoms with Gasteiger partial charge in [0, 0.05) is 0 Å². The number of aliphatic hydroxyl groups excluding tert-OH is 1. The largest absolute Gasteiger partial charge is 0.388 e. The van der Waals surface area contributed by atoms with Crippen molar-refractivity contribution in [1.29, 1.82) is 0 Å². The standard InChI is InChI=1S/C7H12O3.C2H6/c1-3-5(8)7-6(10-7)4(2)9-3;1-2/h3-8H,1-2H3;1-2H3. The molecule has 0 spiro atoms. The van der Waals surface area contributed by atoms with E-state index in [4.69, 9.17) is 9.47 Å². The molecule has 3 nitrogen and oxygen atoms in total. The molecular weight excluding hydrogens is 156 g/mol. The number of hydrogen-bond acceptors (Lipinski definition) is 3. The Morgan fingerprint density at radius 2 is 1.50 bits per heavy atom. The molecule has 0 saturated carbocycles. The summed E-state index contributed by atoms with van der Waals surface area (Å²) in [6, 6.07) is 0. The van der Waals surface area contributed by atoms with Crippen LogP contribution in [0, 0.1) is 0 Å². The quantitative estimate of drug-likeness (QED) is 0.556. The van der Waals surface area contributed by atoms with Crippen molar-refractivity contribution in [3.05, 3.63) is 0 Å². The van der Waals surface area contributed by atoms with Gasteiger partial charge in [0.05, 0.1) is 12.2 Å². The van der Waals surface area contributed by atoms with Gasteiger partial charge in [-0.25, -0.2) is 0 Å². The lowest BCUT2D eigenvalue weighted by Gasteiger charge is -2.25. The van der Waals surface area contributed by atoms with Crippen LogP contribution in [0.4, 0.5) is 0 Å². The summed E-state index contributed by atoms with van der Waals surface area (Å²) in [5, 5.41) is 9.36. The minimum atomic E-state index is -0.416. The first-order chi connectivity index (χ1) is 5.70. The van der Waals surface area contributed by atoms with E-state index in [9.17, 15) is 5.11 Å². The molecule has 2 fully saturated rings. The molecule has 2 heterocycles. The lowest BCUT2D eigenvalue weighted by molar-refractivity contribution is -0.0836. The maximum absolute atomic E-state index is 9.36. The Bertz CT molecular complexity index is 147. The summed E-state index contributed by atoms with van der Waals surface area (Å²) in [5.74, 6) is 0. The second-order valence-electron chi connectivity index (χ2n) is 3.10. The number of aliphatic hydroxyl groups is 1. The Morgan fingerprint density at radius 3 is 2.08 bits per heavy atom. The third kappa shape index (κ3) is 1.63. The van der Waals surface area contributed by atoms with Crippen molar-refractivity contribution < 1.29 is 14.6 Å². The molecule has 0 aromatic rings. The summed E-state index contributed by atoms with van der Waals surface area (Å²) in [4.78, 5) is 0. The van der Waals surface area contributed by atoms with Crippen LogP contribution in [0.25, 0.3) is 0 Å². The molecule has 0 aromatic carbocycles. The summed E-state index contributed by atoms with van der Waals surface area (Å²) >= 11 is 0. The summed E-state index contributed by atoms with van der Waals surface area (Å²) < 4.78 is 10.6. The Morgan fingerprint density at radius 1 is 0.917 bits per heavy atom. The molecule has 2 rings (SSSR count). The summed E-state index contributed by atoms with van der Waals surface area (Å²) in [6.45, 7) is 7.85. The van der Waals surface area contributed by atoms with Crippen LogP contribution < -0.4 is 0 Å². The van der Waals surface area contributed by atoms with Gasteiger partial charge in [0.15, 0.2) is 0 Å². The third-order valence-corrected chi connectivity index (χ3v) is 2.27. The van der Waals surface area contributed by atoms with Crippen LogP contribution in [0.1, 0.15) is 27.7 Å². The van der Waals surface area contributed by atoms with Crippen LogP contribution in [-0.4, -0.2) is 35.6 Å². The SMILES string of the molecule is CC.CC1OC(C)C2OC2C1O. The monoisotopic (exact) mass is 174 g/mol. The smallest absolute Gasteiger partial charge is 0.115 e. The van der Waals surface area contributed by atoms with Crippen molar-refractivity contribution in [3.8, 4) is 0 Å². The number of hydrogen-bond donors (Lipinski definition) is 1. The van der Waals surface area contributed by atoms with Gasteiger partial charge in [-0.3, -0.25) is 0 Å². The third-order valence-electron chi connectivity index (χ3n) is 2.27. The van der Waals surface area contributed by atoms with Crippen LogP contribution in [-0.2, 0) is 9.47 Å². The maximum atomic E-state index is 9.36. The van der Waals surface area contributed by atoms with Crippen molar-refractivity contribution in [2.45, 2.75) is 58.2 Å². The van der Waals surface area contributed by atoms with Gasteiger partial charge in [0.1, 0.15) is 18.3 Å². The second kappa shape index (κ2) is 3.73. The van der Waals surface area contributed by atoms with Crippen LogP contribution in [0.2, 0.25) is 0 Å². The Hall–Kier alpha value is -0.120. The molecular formula is C9H18O3. The molecule has 12 heavy (non-hydrogen) atoms. The van der Waals surface area contributed by atoms with Crippen LogP contribution in [0.15, 0.2) is 0 Å². The van der Waals surface area contributed by atoms with Gasteiger partial charge in [0.2, 0.25) is 0 Å². The molecule has 2 aliphatic rings. The predicted octanol–water partition coefficient (Wildman–Crippen LogP) is 0.948. The van der Waals surface area contributed by atoms with E-state index in [-0.39, 0.29) is 24.4 Å². The number of fused-ring (bicyclic) bond motifs is 1. The second-order valence-corrected chi connectivity index (χ2v) is 3.10. The van der Waals surface area contributed by atoms with Gasteiger partial charge in [-0.15, -0.1) is 0 Å². The zero-order valence-electron chi connectivity index (χ0n) is 8.15. The lowest BCUT2D eigenvalue weighted by atomic mass is 10.0. The highest BCUT2D eigenvalue weighted by Gasteiger charge is 2.54. The van der Waals surface area contributed by atoms with Crippen molar-refractivity contribution in [1.82, 2.24) is 0 Å². The number of ether oxygens (including phenoxy) is 2. The van der Waals surface area contributed by atoms with E-state index in [0.29, 0.717) is 0 Å². The number of epoxide rings is 1. The minimum Gasteiger partial charge on any atom is -0.388 e. The molecule has 2 saturated heterocycles. The Kier molecular flexibility index (Phi) is 3.09. The van der Waals surface area contributed by atoms with Crippen LogP contribution in [0.5, 0.6) is 0 Å². The Labute approximate surface area is 73.7 Å². The highest BCUT2D eigenvalue weighted by atomic mass is 16.7. The van der Waals surface area contributed by atoms with E-state index in [1.807, 2.05) is 27.7 Å². The van der Waals surface area contributed by atoms with Gasteiger partial charge in [-0.1, -0.05) is 13.8 Å². The first-order valence-electron chi connectivity index (χ1n) is 4.69. The molecule has 72 valence electrons. The highest BCUT2D eigenvalue weighted by Crippen LogP contribution is 2.36. The Balaban J connectivity index is 0.000000336. The average Bonchev–Trinajstić information content (AvgIpc) is 2.84. The molecule has 1 N–H and O–H groups in total. The van der Waals surface area contributed by atoms with Gasteiger partial charge >= 0.3 is 0 Å². The van der Waals surface area contributed by atoms with E-state index < -0.39 is 6.10 Å². The first kappa shape index (κ1) is 9.96. The van der Waals surface area contributed by atoms with Crippen molar-refractivity contribution in [2.24, 2.45) is 0 Å². The molecule has 2 aliphatic heterocycles. The zero-order chi connectivity index (χ0) is 9.30. The van der Waals surface area contributed by atoms with E-state index in [2.05, 4.69) is 0 Å². The van der Waals surface area contributed by atoms with Gasteiger partial charge in [-0.2, -0.15) is 0 Å². The fourth-order valence-corrected chi connectivity index (χ4v) is 1.55. The van der Waals surface area contributed by atoms with E-state index in [1.54, 1.807) is 0 Å². The van der Waals surface area contributed by atoms with E-state index in [0.717, 1.165) is 0 Å². The molecule has 3 heteroatoms. The minimum absolute atomic E-state index is 0.0544. The molecule has 0 aromatic heterocycles. The molecule has 5 unspecified atom stereocenters. The highest BCUT2D eigenvalue weighted by molar-refractivity contribution is 5.00. The van der Waals surface area contributed by atoms with E-state index >= 15 is 0 Å². The number of rotatable bonds is 0. The van der Waals surface area contributed by atoms with Crippen molar-refractivity contribution in [2.75, 3.05) is 0 Å². The summed E-state index contributed by atoms with van der Waals surface area (Å²) in [5.41, 5.74) is 0. The van der Waals surface area contributed by atoms with Crippen LogP contribution in [0.3, 0.4) is 0 Å². The molecule has 0 radical (unpaired) electrons. The fourth-order valence-electron chi connectivity index (χ4n) is 1.55. The molecule has 0 aliphatic carbocycles. The normalized spacial score (nSPS) is 50.2. The van der Waals surface area contributed by atoms with Crippen LogP contribution >= 0.6 is 0 Å². The maximum Gasteiger partial charge on any atom is 0.115 e. The van der Waals surface area contributed by atoms with Crippen molar-refractivity contribution in [3.63, 3.8) is 0 Å². The fraction of sp³-hybridized carbons (Fsp3) is 1.00. The molecule has 0 bridgehead atoms. The lowest BCUT2D eigenvalue weighted by Crippen LogP contribution is -2.42. The summed E-state index contributed by atoms with van der Waals surface area (Å²) in [7, 11) is 0. The van der Waals surface area contributed by atoms with Crippen molar-refractivity contribution >= 4 is 0 Å². The molecule has 0 amide bonds. The zero-order valence-corrected chi connectivity index (χ0v) is 8.15. The van der Waals surface area contributed by atoms with Gasteiger partial charge in [-0.05, 0) is 13.8 Å². The predicted molar refractivity (Wildman–Crippen MR) is 46.0 cm³/mol. The average molecular weight is 174 g/mol. The summed E-state index contributed by atoms with van der Waals surface area (Å²) in [6.07, 6.45) is -0.117.